The highest BCUT2D eigenvalue weighted by Gasteiger charge is 2.16. The normalized spacial score (nSPS) is 11.3. The Labute approximate surface area is 123 Å². The fraction of sp³-hybridized carbons (Fsp3) is 0.167. The molecule has 0 bridgehead atoms. The maximum Gasteiger partial charge on any atom is 0.241 e. The molecule has 2 rings (SSSR count). The number of sulfonamides is 1. The van der Waals surface area contributed by atoms with Crippen LogP contribution in [0.15, 0.2) is 41.3 Å². The van der Waals surface area contributed by atoms with Gasteiger partial charge in [-0.3, -0.25) is 0 Å². The highest BCUT2D eigenvalue weighted by Crippen LogP contribution is 2.28. The lowest BCUT2D eigenvalue weighted by atomic mass is 10.1. The van der Waals surface area contributed by atoms with E-state index in [1.54, 1.807) is 36.4 Å². The molecule has 0 saturated heterocycles. The van der Waals surface area contributed by atoms with Gasteiger partial charge in [0, 0.05) is 28.9 Å². The van der Waals surface area contributed by atoms with Gasteiger partial charge in [0.2, 0.25) is 10.0 Å². The molecule has 0 saturated carbocycles. The number of benzene rings is 2. The zero-order chi connectivity index (χ0) is 13.2. The summed E-state index contributed by atoms with van der Waals surface area (Å²) in [7, 11) is -3.55. The summed E-state index contributed by atoms with van der Waals surface area (Å²) in [5.41, 5.74) is 5.30. The maximum absolute atomic E-state index is 12.1. The van der Waals surface area contributed by atoms with Crippen molar-refractivity contribution in [1.29, 1.82) is 0 Å². The Hall–Kier alpha value is -0.850. The number of hydrogen-bond donors (Lipinski definition) is 2. The number of halogens is 2. The summed E-state index contributed by atoms with van der Waals surface area (Å²) in [4.78, 5) is 0.218. The van der Waals surface area contributed by atoms with E-state index in [9.17, 15) is 8.42 Å². The lowest BCUT2D eigenvalue weighted by Gasteiger charge is -2.09. The van der Waals surface area contributed by atoms with Crippen molar-refractivity contribution in [3.05, 3.63) is 41.4 Å². The van der Waals surface area contributed by atoms with Gasteiger partial charge >= 0.3 is 0 Å². The van der Waals surface area contributed by atoms with E-state index in [2.05, 4.69) is 4.72 Å². The van der Waals surface area contributed by atoms with Crippen molar-refractivity contribution in [1.82, 2.24) is 4.72 Å². The molecule has 2 aromatic carbocycles. The van der Waals surface area contributed by atoms with Gasteiger partial charge < -0.3 is 5.73 Å². The molecule has 0 aliphatic carbocycles. The van der Waals surface area contributed by atoms with Gasteiger partial charge in [0.15, 0.2) is 0 Å². The molecule has 0 amide bonds. The molecule has 7 heteroatoms. The highest BCUT2D eigenvalue weighted by molar-refractivity contribution is 7.89. The second kappa shape index (κ2) is 6.54. The van der Waals surface area contributed by atoms with E-state index in [1.807, 2.05) is 0 Å². The number of fused-ring (bicyclic) bond motifs is 1. The van der Waals surface area contributed by atoms with Crippen LogP contribution in [0.5, 0.6) is 0 Å². The van der Waals surface area contributed by atoms with Crippen LogP contribution in [-0.4, -0.2) is 21.5 Å². The number of hydrogen-bond acceptors (Lipinski definition) is 3. The van der Waals surface area contributed by atoms with Gasteiger partial charge in [-0.1, -0.05) is 35.9 Å². The molecule has 4 nitrogen and oxygen atoms in total. The Kier molecular flexibility index (Phi) is 5.58. The number of nitrogens with one attached hydrogen (secondary N) is 1. The molecule has 3 N–H and O–H groups in total. The fourth-order valence-corrected chi connectivity index (χ4v) is 3.25. The van der Waals surface area contributed by atoms with Crippen molar-refractivity contribution >= 4 is 44.8 Å². The minimum absolute atomic E-state index is 0. The second-order valence-corrected chi connectivity index (χ2v) is 5.92. The Bertz CT molecular complexity index is 674. The van der Waals surface area contributed by atoms with Crippen molar-refractivity contribution in [3.8, 4) is 0 Å². The molecule has 2 aromatic rings. The quantitative estimate of drug-likeness (QED) is 0.906. The lowest BCUT2D eigenvalue weighted by molar-refractivity contribution is 0.583. The Balaban J connectivity index is 0.00000180. The summed E-state index contributed by atoms with van der Waals surface area (Å²) in [5, 5.41) is 1.85. The van der Waals surface area contributed by atoms with Crippen molar-refractivity contribution < 1.29 is 8.42 Å². The van der Waals surface area contributed by atoms with Crippen LogP contribution >= 0.6 is 24.0 Å². The minimum Gasteiger partial charge on any atom is -0.329 e. The maximum atomic E-state index is 12.1. The molecule has 19 heavy (non-hydrogen) atoms. The van der Waals surface area contributed by atoms with Crippen molar-refractivity contribution in [2.75, 3.05) is 13.1 Å². The summed E-state index contributed by atoms with van der Waals surface area (Å²) >= 11 is 6.05. The van der Waals surface area contributed by atoms with Crippen molar-refractivity contribution in [2.45, 2.75) is 4.90 Å². The minimum atomic E-state index is -3.55. The number of nitrogens with two attached hydrogens (primary N) is 1. The number of rotatable bonds is 4. The Morgan fingerprint density at radius 2 is 1.74 bits per heavy atom. The van der Waals surface area contributed by atoms with E-state index >= 15 is 0 Å². The molecule has 0 aliphatic heterocycles. The van der Waals surface area contributed by atoms with Crippen LogP contribution in [0.4, 0.5) is 0 Å². The van der Waals surface area contributed by atoms with E-state index in [0.29, 0.717) is 10.4 Å². The molecular formula is C12H14Cl2N2O2S. The first-order chi connectivity index (χ1) is 8.56. The smallest absolute Gasteiger partial charge is 0.241 e. The van der Waals surface area contributed by atoms with Gasteiger partial charge in [-0.2, -0.15) is 0 Å². The van der Waals surface area contributed by atoms with Crippen LogP contribution < -0.4 is 10.5 Å². The summed E-state index contributed by atoms with van der Waals surface area (Å²) in [6, 6.07) is 10.2. The SMILES string of the molecule is Cl.NCCNS(=O)(=O)c1cccc2c(Cl)cccc12. The molecule has 0 radical (unpaired) electrons. The van der Waals surface area contributed by atoms with Crippen LogP contribution in [-0.2, 0) is 10.0 Å². The first-order valence-corrected chi connectivity index (χ1v) is 7.29. The molecule has 0 unspecified atom stereocenters. The fourth-order valence-electron chi connectivity index (χ4n) is 1.75. The van der Waals surface area contributed by atoms with Crippen LogP contribution in [0.2, 0.25) is 5.02 Å². The van der Waals surface area contributed by atoms with E-state index < -0.39 is 10.0 Å². The van der Waals surface area contributed by atoms with Crippen molar-refractivity contribution in [3.63, 3.8) is 0 Å². The first kappa shape index (κ1) is 16.2. The molecule has 0 atom stereocenters. The first-order valence-electron chi connectivity index (χ1n) is 5.43. The molecule has 104 valence electrons. The highest BCUT2D eigenvalue weighted by atomic mass is 35.5. The van der Waals surface area contributed by atoms with E-state index in [4.69, 9.17) is 17.3 Å². The third kappa shape index (κ3) is 3.38. The molecule has 0 heterocycles. The van der Waals surface area contributed by atoms with Gasteiger partial charge in [-0.25, -0.2) is 13.1 Å². The molecular weight excluding hydrogens is 307 g/mol. The van der Waals surface area contributed by atoms with Crippen LogP contribution in [0.1, 0.15) is 0 Å². The van der Waals surface area contributed by atoms with Gasteiger partial charge in [0.1, 0.15) is 0 Å². The van der Waals surface area contributed by atoms with Gasteiger partial charge in [-0.05, 0) is 12.1 Å². The van der Waals surface area contributed by atoms with Gasteiger partial charge in [0.25, 0.3) is 0 Å². The van der Waals surface area contributed by atoms with E-state index in [0.717, 1.165) is 5.39 Å². The van der Waals surface area contributed by atoms with Crippen molar-refractivity contribution in [2.24, 2.45) is 5.73 Å². The third-order valence-corrected chi connectivity index (χ3v) is 4.40. The van der Waals surface area contributed by atoms with Gasteiger partial charge in [-0.15, -0.1) is 12.4 Å². The molecule has 0 spiro atoms. The zero-order valence-electron chi connectivity index (χ0n) is 9.97. The average Bonchev–Trinajstić information content (AvgIpc) is 2.36. The van der Waals surface area contributed by atoms with Gasteiger partial charge in [0.05, 0.1) is 4.90 Å². The zero-order valence-corrected chi connectivity index (χ0v) is 12.4. The standard InChI is InChI=1S/C12H13ClN2O2S.ClH/c13-11-5-1-4-10-9(11)3-2-6-12(10)18(16,17)15-8-7-14;/h1-6,15H,7-8,14H2;1H. The summed E-state index contributed by atoms with van der Waals surface area (Å²) < 4.78 is 26.7. The van der Waals surface area contributed by atoms with E-state index in [1.165, 1.54) is 0 Å². The third-order valence-electron chi connectivity index (χ3n) is 2.55. The second-order valence-electron chi connectivity index (χ2n) is 3.78. The Morgan fingerprint density at radius 3 is 2.42 bits per heavy atom. The monoisotopic (exact) mass is 320 g/mol. The summed E-state index contributed by atoms with van der Waals surface area (Å²) in [6.45, 7) is 0.462. The largest absolute Gasteiger partial charge is 0.329 e. The topological polar surface area (TPSA) is 72.2 Å². The summed E-state index contributed by atoms with van der Waals surface area (Å²) in [6.07, 6.45) is 0. The lowest BCUT2D eigenvalue weighted by Crippen LogP contribution is -2.29. The van der Waals surface area contributed by atoms with Crippen LogP contribution in [0.3, 0.4) is 0 Å². The summed E-state index contributed by atoms with van der Waals surface area (Å²) in [5.74, 6) is 0. The Morgan fingerprint density at radius 1 is 1.11 bits per heavy atom. The van der Waals surface area contributed by atoms with Crippen LogP contribution in [0.25, 0.3) is 10.8 Å². The average molecular weight is 321 g/mol. The predicted molar refractivity (Wildman–Crippen MR) is 80.4 cm³/mol. The van der Waals surface area contributed by atoms with E-state index in [-0.39, 0.29) is 30.4 Å². The molecule has 0 aromatic heterocycles. The molecule has 0 fully saturated rings. The predicted octanol–water partition coefficient (Wildman–Crippen LogP) is 2.15. The van der Waals surface area contributed by atoms with Crippen LogP contribution in [0, 0.1) is 0 Å². The molecule has 0 aliphatic rings.